The van der Waals surface area contributed by atoms with Gasteiger partial charge in [-0.3, -0.25) is 14.7 Å². The maximum absolute atomic E-state index is 12.3. The largest absolute Gasteiger partial charge is 0.480 e. The molecule has 0 saturated carbocycles. The third-order valence-electron chi connectivity index (χ3n) is 4.21. The van der Waals surface area contributed by atoms with Crippen LogP contribution in [0.3, 0.4) is 0 Å². The number of hydrogen-bond acceptors (Lipinski definition) is 6. The highest BCUT2D eigenvalue weighted by molar-refractivity contribution is 7.18. The summed E-state index contributed by atoms with van der Waals surface area (Å²) < 4.78 is 5.24. The minimum atomic E-state index is -1.20. The second-order valence-corrected chi connectivity index (χ2v) is 7.34. The number of carbonyl (C=O) groups is 3. The van der Waals surface area contributed by atoms with Gasteiger partial charge in [0.1, 0.15) is 5.75 Å². The molecule has 0 bridgehead atoms. The fourth-order valence-corrected chi connectivity index (χ4v) is 4.09. The Kier molecular flexibility index (Phi) is 6.12. The molecule has 3 aromatic rings. The number of thiophene rings is 1. The van der Waals surface area contributed by atoms with E-state index in [-0.39, 0.29) is 16.5 Å². The van der Waals surface area contributed by atoms with Crippen molar-refractivity contribution in [3.05, 3.63) is 59.2 Å². The fraction of sp³-hybridized carbons (Fsp3) is 0.143. The SMILES string of the molecule is CC(=O)N(c1cccnc1)c1cccc(-c2sc(C(=O)O)c(OCC(=O)O)c2C)c1. The lowest BCUT2D eigenvalue weighted by Crippen LogP contribution is -2.22. The standard InChI is InChI=1S/C21H18N2O6S/c1-12-18(29-11-17(25)26)20(21(27)28)30-19(12)14-5-3-6-15(9-14)23(13(2)24)16-7-4-8-22-10-16/h3-10H,11H2,1-2H3,(H,25,26)(H,27,28). The summed E-state index contributed by atoms with van der Waals surface area (Å²) in [5.74, 6) is -2.58. The molecule has 154 valence electrons. The highest BCUT2D eigenvalue weighted by Gasteiger charge is 2.24. The van der Waals surface area contributed by atoms with Crippen LogP contribution < -0.4 is 9.64 Å². The van der Waals surface area contributed by atoms with E-state index in [9.17, 15) is 19.5 Å². The van der Waals surface area contributed by atoms with Gasteiger partial charge in [0.2, 0.25) is 5.91 Å². The number of carboxylic acids is 2. The van der Waals surface area contributed by atoms with Crippen LogP contribution in [-0.2, 0) is 9.59 Å². The normalized spacial score (nSPS) is 10.5. The van der Waals surface area contributed by atoms with E-state index in [0.717, 1.165) is 11.3 Å². The van der Waals surface area contributed by atoms with Crippen molar-refractivity contribution in [1.82, 2.24) is 4.98 Å². The van der Waals surface area contributed by atoms with E-state index in [0.29, 0.717) is 27.4 Å². The van der Waals surface area contributed by atoms with Crippen molar-refractivity contribution in [2.75, 3.05) is 11.5 Å². The Morgan fingerprint density at radius 1 is 1.13 bits per heavy atom. The summed E-state index contributed by atoms with van der Waals surface area (Å²) in [4.78, 5) is 40.9. The lowest BCUT2D eigenvalue weighted by atomic mass is 10.1. The number of aromatic carboxylic acids is 1. The van der Waals surface area contributed by atoms with Crippen LogP contribution in [0.2, 0.25) is 0 Å². The molecule has 2 heterocycles. The molecule has 9 heteroatoms. The van der Waals surface area contributed by atoms with E-state index < -0.39 is 18.5 Å². The van der Waals surface area contributed by atoms with Crippen LogP contribution in [0.4, 0.5) is 11.4 Å². The topological polar surface area (TPSA) is 117 Å². The van der Waals surface area contributed by atoms with Crippen molar-refractivity contribution in [2.24, 2.45) is 0 Å². The van der Waals surface area contributed by atoms with Gasteiger partial charge in [0.15, 0.2) is 11.5 Å². The van der Waals surface area contributed by atoms with Crippen molar-refractivity contribution in [3.63, 3.8) is 0 Å². The molecule has 30 heavy (non-hydrogen) atoms. The predicted octanol–water partition coefficient (Wildman–Crippen LogP) is 3.96. The van der Waals surface area contributed by atoms with Gasteiger partial charge in [0, 0.05) is 29.2 Å². The third kappa shape index (κ3) is 4.31. The number of benzene rings is 1. The zero-order valence-corrected chi connectivity index (χ0v) is 17.0. The molecule has 0 radical (unpaired) electrons. The van der Waals surface area contributed by atoms with Gasteiger partial charge >= 0.3 is 11.9 Å². The minimum Gasteiger partial charge on any atom is -0.480 e. The predicted molar refractivity (Wildman–Crippen MR) is 112 cm³/mol. The van der Waals surface area contributed by atoms with E-state index in [1.807, 2.05) is 0 Å². The van der Waals surface area contributed by atoms with Crippen molar-refractivity contribution in [3.8, 4) is 16.2 Å². The number of pyridine rings is 1. The molecule has 0 aliphatic rings. The number of hydrogen-bond donors (Lipinski definition) is 2. The van der Waals surface area contributed by atoms with E-state index >= 15 is 0 Å². The molecule has 1 aromatic carbocycles. The number of carbonyl (C=O) groups excluding carboxylic acids is 1. The average Bonchev–Trinajstić information content (AvgIpc) is 3.04. The molecule has 0 atom stereocenters. The summed E-state index contributed by atoms with van der Waals surface area (Å²) >= 11 is 0.990. The quantitative estimate of drug-likeness (QED) is 0.587. The summed E-state index contributed by atoms with van der Waals surface area (Å²) in [5, 5.41) is 18.4. The number of carboxylic acid groups (broad SMARTS) is 2. The van der Waals surface area contributed by atoms with Crippen LogP contribution in [-0.4, -0.2) is 39.6 Å². The molecular formula is C21H18N2O6S. The van der Waals surface area contributed by atoms with Crippen LogP contribution in [0.1, 0.15) is 22.2 Å². The number of ether oxygens (including phenoxy) is 1. The highest BCUT2D eigenvalue weighted by Crippen LogP contribution is 2.42. The number of amides is 1. The molecule has 0 spiro atoms. The zero-order valence-electron chi connectivity index (χ0n) is 16.2. The first-order chi connectivity index (χ1) is 14.3. The molecule has 0 aliphatic carbocycles. The van der Waals surface area contributed by atoms with E-state index in [4.69, 9.17) is 9.84 Å². The molecule has 8 nitrogen and oxygen atoms in total. The summed E-state index contributed by atoms with van der Waals surface area (Å²) in [6, 6.07) is 10.6. The lowest BCUT2D eigenvalue weighted by Gasteiger charge is -2.21. The van der Waals surface area contributed by atoms with Crippen molar-refractivity contribution >= 4 is 40.6 Å². The number of anilines is 2. The minimum absolute atomic E-state index is 0.0333. The molecule has 3 rings (SSSR count). The Morgan fingerprint density at radius 3 is 2.47 bits per heavy atom. The Bertz CT molecular complexity index is 1110. The first-order valence-electron chi connectivity index (χ1n) is 8.82. The maximum atomic E-state index is 12.3. The van der Waals surface area contributed by atoms with Crippen LogP contribution in [0.5, 0.6) is 5.75 Å². The Morgan fingerprint density at radius 2 is 1.87 bits per heavy atom. The van der Waals surface area contributed by atoms with Gasteiger partial charge < -0.3 is 14.9 Å². The second kappa shape index (κ2) is 8.75. The summed E-state index contributed by atoms with van der Waals surface area (Å²) in [6.45, 7) is 2.47. The first-order valence-corrected chi connectivity index (χ1v) is 9.63. The highest BCUT2D eigenvalue weighted by atomic mass is 32.1. The summed E-state index contributed by atoms with van der Waals surface area (Å²) in [7, 11) is 0. The first kappa shape index (κ1) is 21.0. The van der Waals surface area contributed by atoms with E-state index in [1.165, 1.54) is 11.8 Å². The Balaban J connectivity index is 2.07. The molecule has 2 aromatic heterocycles. The molecule has 0 saturated heterocycles. The Hall–Kier alpha value is -3.72. The zero-order chi connectivity index (χ0) is 21.8. The van der Waals surface area contributed by atoms with Crippen LogP contribution in [0.25, 0.3) is 10.4 Å². The van der Waals surface area contributed by atoms with Crippen LogP contribution in [0, 0.1) is 6.92 Å². The van der Waals surface area contributed by atoms with Crippen molar-refractivity contribution in [2.45, 2.75) is 13.8 Å². The van der Waals surface area contributed by atoms with Gasteiger partial charge in [-0.15, -0.1) is 11.3 Å². The molecule has 0 aliphatic heterocycles. The van der Waals surface area contributed by atoms with Gasteiger partial charge in [-0.2, -0.15) is 0 Å². The van der Waals surface area contributed by atoms with Crippen molar-refractivity contribution < 1.29 is 29.3 Å². The van der Waals surface area contributed by atoms with Crippen LogP contribution in [0.15, 0.2) is 48.8 Å². The monoisotopic (exact) mass is 426 g/mol. The van der Waals surface area contributed by atoms with Gasteiger partial charge in [0.05, 0.1) is 11.9 Å². The molecule has 1 amide bonds. The third-order valence-corrected chi connectivity index (χ3v) is 5.52. The van der Waals surface area contributed by atoms with Gasteiger partial charge in [-0.1, -0.05) is 12.1 Å². The van der Waals surface area contributed by atoms with Gasteiger partial charge in [-0.25, -0.2) is 9.59 Å². The maximum Gasteiger partial charge on any atom is 0.349 e. The molecule has 0 unspecified atom stereocenters. The lowest BCUT2D eigenvalue weighted by molar-refractivity contribution is -0.139. The molecular weight excluding hydrogens is 408 g/mol. The number of rotatable bonds is 7. The van der Waals surface area contributed by atoms with Crippen molar-refractivity contribution in [1.29, 1.82) is 0 Å². The Labute approximate surface area is 176 Å². The number of nitrogens with zero attached hydrogens (tertiary/aromatic N) is 2. The van der Waals surface area contributed by atoms with Crippen LogP contribution >= 0.6 is 11.3 Å². The smallest absolute Gasteiger partial charge is 0.349 e. The summed E-state index contributed by atoms with van der Waals surface area (Å²) in [5.41, 5.74) is 2.39. The van der Waals surface area contributed by atoms with Gasteiger partial charge in [-0.05, 0) is 36.8 Å². The molecule has 0 fully saturated rings. The fourth-order valence-electron chi connectivity index (χ4n) is 3.01. The summed E-state index contributed by atoms with van der Waals surface area (Å²) in [6.07, 6.45) is 3.18. The van der Waals surface area contributed by atoms with E-state index in [2.05, 4.69) is 4.98 Å². The second-order valence-electron chi connectivity index (χ2n) is 6.32. The number of aromatic nitrogens is 1. The number of aliphatic carboxylic acids is 1. The average molecular weight is 426 g/mol. The van der Waals surface area contributed by atoms with Gasteiger partial charge in [0.25, 0.3) is 0 Å². The van der Waals surface area contributed by atoms with E-state index in [1.54, 1.807) is 55.7 Å². The molecule has 2 N–H and O–H groups in total.